The maximum atomic E-state index is 9.09. The molecule has 0 radical (unpaired) electrons. The fraction of sp³-hybridized carbons (Fsp3) is 0.471. The highest BCUT2D eigenvalue weighted by atomic mass is 32.2. The molecule has 0 amide bonds. The normalized spacial score (nSPS) is 14.3. The molecular formula is C17H19N3OS2. The lowest BCUT2D eigenvalue weighted by Crippen LogP contribution is -2.00. The Bertz CT molecular complexity index is 889. The highest BCUT2D eigenvalue weighted by Gasteiger charge is 2.25. The minimum Gasteiger partial charge on any atom is -0.396 e. The van der Waals surface area contributed by atoms with E-state index in [-0.39, 0.29) is 6.61 Å². The first kappa shape index (κ1) is 15.3. The Hall–Kier alpha value is -1.24. The van der Waals surface area contributed by atoms with Crippen molar-refractivity contribution in [3.05, 3.63) is 23.1 Å². The van der Waals surface area contributed by atoms with Crippen LogP contribution in [-0.2, 0) is 12.8 Å². The Morgan fingerprint density at radius 3 is 2.87 bits per heavy atom. The second-order valence-corrected chi connectivity index (χ2v) is 8.26. The van der Waals surface area contributed by atoms with Gasteiger partial charge in [-0.05, 0) is 36.3 Å². The number of thiophene rings is 1. The maximum absolute atomic E-state index is 9.09. The molecule has 4 rings (SSSR count). The van der Waals surface area contributed by atoms with Gasteiger partial charge < -0.3 is 5.11 Å². The average molecular weight is 345 g/mol. The van der Waals surface area contributed by atoms with Crippen molar-refractivity contribution < 1.29 is 5.11 Å². The molecule has 120 valence electrons. The monoisotopic (exact) mass is 345 g/mol. The van der Waals surface area contributed by atoms with Crippen molar-refractivity contribution in [1.82, 2.24) is 15.0 Å². The van der Waals surface area contributed by atoms with Gasteiger partial charge in [-0.15, -0.1) is 23.1 Å². The number of hydrogen-bond donors (Lipinski definition) is 1. The number of aryl methyl sites for hydroxylation is 1. The van der Waals surface area contributed by atoms with E-state index in [0.29, 0.717) is 11.7 Å². The van der Waals surface area contributed by atoms with Crippen LogP contribution in [0.2, 0.25) is 0 Å². The minimum absolute atomic E-state index is 0.159. The van der Waals surface area contributed by atoms with E-state index in [2.05, 4.69) is 23.8 Å². The number of thioether (sulfide) groups is 1. The number of hydrogen-bond acceptors (Lipinski definition) is 6. The van der Waals surface area contributed by atoms with Crippen molar-refractivity contribution in [3.63, 3.8) is 0 Å². The molecule has 3 heterocycles. The van der Waals surface area contributed by atoms with Gasteiger partial charge in [-0.3, -0.25) is 0 Å². The fourth-order valence-electron chi connectivity index (χ4n) is 3.43. The molecule has 1 N–H and O–H groups in total. The van der Waals surface area contributed by atoms with Gasteiger partial charge in [-0.25, -0.2) is 15.0 Å². The number of aliphatic hydroxyl groups is 1. The van der Waals surface area contributed by atoms with Crippen molar-refractivity contribution in [2.75, 3.05) is 12.4 Å². The van der Waals surface area contributed by atoms with E-state index in [1.54, 1.807) is 29.4 Å². The van der Waals surface area contributed by atoms with Gasteiger partial charge in [0, 0.05) is 16.8 Å². The molecule has 23 heavy (non-hydrogen) atoms. The summed E-state index contributed by atoms with van der Waals surface area (Å²) in [4.78, 5) is 15.1. The maximum Gasteiger partial charge on any atom is 0.126 e. The standard InChI is InChI=1S/C17H19N3OS2/c1-9(2)13-11-5-3-4-10(11)12-14-15(23-16(12)20-13)17(19-8-18-14)22-7-6-21/h8-9,21H,3-7H2,1-2H3. The third-order valence-electron chi connectivity index (χ3n) is 4.35. The second-order valence-electron chi connectivity index (χ2n) is 6.17. The molecule has 0 aliphatic heterocycles. The summed E-state index contributed by atoms with van der Waals surface area (Å²) in [5, 5.41) is 11.3. The molecule has 0 atom stereocenters. The summed E-state index contributed by atoms with van der Waals surface area (Å²) >= 11 is 3.29. The zero-order valence-electron chi connectivity index (χ0n) is 13.3. The largest absolute Gasteiger partial charge is 0.396 e. The molecule has 6 heteroatoms. The first-order valence-electron chi connectivity index (χ1n) is 8.03. The van der Waals surface area contributed by atoms with E-state index in [1.807, 2.05) is 0 Å². The molecule has 1 aliphatic carbocycles. The Kier molecular flexibility index (Phi) is 3.99. The molecular weight excluding hydrogens is 326 g/mol. The van der Waals surface area contributed by atoms with E-state index in [4.69, 9.17) is 10.1 Å². The van der Waals surface area contributed by atoms with Crippen LogP contribution in [-0.4, -0.2) is 32.4 Å². The van der Waals surface area contributed by atoms with E-state index in [1.165, 1.54) is 28.6 Å². The first-order chi connectivity index (χ1) is 11.2. The van der Waals surface area contributed by atoms with Crippen LogP contribution in [0.4, 0.5) is 0 Å². The van der Waals surface area contributed by atoms with Crippen LogP contribution in [0.15, 0.2) is 11.4 Å². The van der Waals surface area contributed by atoms with Gasteiger partial charge in [0.1, 0.15) is 16.2 Å². The Morgan fingerprint density at radius 1 is 1.26 bits per heavy atom. The quantitative estimate of drug-likeness (QED) is 0.573. The van der Waals surface area contributed by atoms with Gasteiger partial charge in [0.2, 0.25) is 0 Å². The summed E-state index contributed by atoms with van der Waals surface area (Å²) in [6.07, 6.45) is 5.12. The summed E-state index contributed by atoms with van der Waals surface area (Å²) in [5.41, 5.74) is 5.22. The highest BCUT2D eigenvalue weighted by Crippen LogP contribution is 2.42. The molecule has 0 unspecified atom stereocenters. The Balaban J connectivity index is 2.02. The third-order valence-corrected chi connectivity index (χ3v) is 6.53. The molecule has 0 fully saturated rings. The van der Waals surface area contributed by atoms with Crippen LogP contribution in [0, 0.1) is 0 Å². The molecule has 4 nitrogen and oxygen atoms in total. The molecule has 0 bridgehead atoms. The summed E-state index contributed by atoms with van der Waals surface area (Å²) in [6, 6.07) is 0. The Labute approximate surface area is 143 Å². The predicted molar refractivity (Wildman–Crippen MR) is 96.6 cm³/mol. The molecule has 3 aromatic heterocycles. The lowest BCUT2D eigenvalue weighted by Gasteiger charge is -2.11. The highest BCUT2D eigenvalue weighted by molar-refractivity contribution is 7.99. The van der Waals surface area contributed by atoms with Crippen molar-refractivity contribution in [3.8, 4) is 0 Å². The zero-order chi connectivity index (χ0) is 16.0. The van der Waals surface area contributed by atoms with E-state index < -0.39 is 0 Å². The first-order valence-corrected chi connectivity index (χ1v) is 9.83. The molecule has 0 saturated heterocycles. The van der Waals surface area contributed by atoms with E-state index >= 15 is 0 Å². The van der Waals surface area contributed by atoms with E-state index in [9.17, 15) is 0 Å². The van der Waals surface area contributed by atoms with Gasteiger partial charge in [0.05, 0.1) is 16.8 Å². The molecule has 0 aromatic carbocycles. The SMILES string of the molecule is CC(C)c1nc2sc3c(SCCO)ncnc3c2c2c1CCC2. The summed E-state index contributed by atoms with van der Waals surface area (Å²) in [5.74, 6) is 1.11. The number of pyridine rings is 1. The molecule has 0 spiro atoms. The number of aromatic nitrogens is 3. The Morgan fingerprint density at radius 2 is 2.09 bits per heavy atom. The minimum atomic E-state index is 0.159. The predicted octanol–water partition coefficient (Wildman–Crippen LogP) is 3.94. The summed E-state index contributed by atoms with van der Waals surface area (Å²) in [6.45, 7) is 4.61. The topological polar surface area (TPSA) is 58.9 Å². The molecule has 3 aromatic rings. The van der Waals surface area contributed by atoms with Crippen LogP contribution in [0.3, 0.4) is 0 Å². The number of rotatable bonds is 4. The molecule has 1 aliphatic rings. The van der Waals surface area contributed by atoms with Gasteiger partial charge in [0.25, 0.3) is 0 Å². The van der Waals surface area contributed by atoms with Crippen molar-refractivity contribution in [2.24, 2.45) is 0 Å². The lowest BCUT2D eigenvalue weighted by molar-refractivity contribution is 0.322. The summed E-state index contributed by atoms with van der Waals surface area (Å²) in [7, 11) is 0. The van der Waals surface area contributed by atoms with Gasteiger partial charge in [0.15, 0.2) is 0 Å². The third kappa shape index (κ3) is 2.44. The average Bonchev–Trinajstić information content (AvgIpc) is 3.15. The van der Waals surface area contributed by atoms with Gasteiger partial charge >= 0.3 is 0 Å². The smallest absolute Gasteiger partial charge is 0.126 e. The van der Waals surface area contributed by atoms with Crippen LogP contribution in [0.25, 0.3) is 20.4 Å². The van der Waals surface area contributed by atoms with Crippen LogP contribution >= 0.6 is 23.1 Å². The van der Waals surface area contributed by atoms with Crippen LogP contribution in [0.1, 0.15) is 43.0 Å². The summed E-state index contributed by atoms with van der Waals surface area (Å²) < 4.78 is 1.11. The number of aliphatic hydroxyl groups excluding tert-OH is 1. The number of nitrogens with zero attached hydrogens (tertiary/aromatic N) is 3. The van der Waals surface area contributed by atoms with Crippen LogP contribution in [0.5, 0.6) is 0 Å². The zero-order valence-corrected chi connectivity index (χ0v) is 14.9. The van der Waals surface area contributed by atoms with Crippen molar-refractivity contribution >= 4 is 43.5 Å². The van der Waals surface area contributed by atoms with Crippen molar-refractivity contribution in [1.29, 1.82) is 0 Å². The van der Waals surface area contributed by atoms with Gasteiger partial charge in [-0.1, -0.05) is 13.8 Å². The van der Waals surface area contributed by atoms with Gasteiger partial charge in [-0.2, -0.15) is 0 Å². The van der Waals surface area contributed by atoms with Crippen molar-refractivity contribution in [2.45, 2.75) is 44.1 Å². The van der Waals surface area contributed by atoms with Crippen LogP contribution < -0.4 is 0 Å². The molecule has 0 saturated carbocycles. The lowest BCUT2D eigenvalue weighted by atomic mass is 9.99. The van der Waals surface area contributed by atoms with E-state index in [0.717, 1.165) is 32.9 Å². The fourth-order valence-corrected chi connectivity index (χ4v) is 5.42. The number of fused-ring (bicyclic) bond motifs is 5. The second kappa shape index (κ2) is 6.00.